The number of hydrogen-bond donors (Lipinski definition) is 1. The number of benzene rings is 2. The van der Waals surface area contributed by atoms with Crippen LogP contribution in [0.2, 0.25) is 0 Å². The van der Waals surface area contributed by atoms with Gasteiger partial charge in [0.25, 0.3) is 0 Å². The number of carbonyl (C=O) groups is 1. The van der Waals surface area contributed by atoms with Crippen molar-refractivity contribution in [2.24, 2.45) is 0 Å². The fourth-order valence-electron chi connectivity index (χ4n) is 3.80. The molecule has 0 radical (unpaired) electrons. The van der Waals surface area contributed by atoms with E-state index in [0.717, 1.165) is 11.1 Å². The summed E-state index contributed by atoms with van der Waals surface area (Å²) in [5.74, 6) is 0.911. The summed E-state index contributed by atoms with van der Waals surface area (Å²) in [5.41, 5.74) is 3.43. The van der Waals surface area contributed by atoms with Gasteiger partial charge in [0.2, 0.25) is 5.91 Å². The van der Waals surface area contributed by atoms with Crippen LogP contribution in [-0.2, 0) is 11.3 Å². The van der Waals surface area contributed by atoms with Crippen LogP contribution in [-0.4, -0.2) is 34.2 Å². The van der Waals surface area contributed by atoms with Gasteiger partial charge in [0.1, 0.15) is 6.54 Å². The van der Waals surface area contributed by atoms with Crippen LogP contribution in [0, 0.1) is 6.92 Å². The van der Waals surface area contributed by atoms with Crippen LogP contribution in [0.25, 0.3) is 16.9 Å². The highest BCUT2D eigenvalue weighted by Gasteiger charge is 2.19. The zero-order chi connectivity index (χ0) is 23.5. The van der Waals surface area contributed by atoms with Crippen molar-refractivity contribution in [2.75, 3.05) is 14.2 Å². The maximum atomic E-state index is 13.3. The van der Waals surface area contributed by atoms with Gasteiger partial charge in [-0.3, -0.25) is 9.36 Å². The molecule has 1 atom stereocenters. The fraction of sp³-hybridized carbons (Fsp3) is 0.240. The number of pyridine rings is 1. The van der Waals surface area contributed by atoms with Crippen molar-refractivity contribution in [2.45, 2.75) is 26.4 Å². The number of nitrogens with one attached hydrogen (secondary N) is 1. The molecule has 2 heterocycles. The standard InChI is InChI=1S/C25H26N4O4/c1-16-7-10-19(11-8-16)29-24-20(6-5-13-26-24)28(25(29)31)15-23(30)27-17(2)18-9-12-21(32-3)22(14-18)33-4/h5-14,17H,15H2,1-4H3,(H,27,30). The minimum absolute atomic E-state index is 0.127. The summed E-state index contributed by atoms with van der Waals surface area (Å²) in [7, 11) is 3.14. The molecule has 0 aliphatic rings. The van der Waals surface area contributed by atoms with E-state index >= 15 is 0 Å². The Bertz CT molecular complexity index is 1360. The quantitative estimate of drug-likeness (QED) is 0.470. The summed E-state index contributed by atoms with van der Waals surface area (Å²) in [6, 6.07) is 16.3. The van der Waals surface area contributed by atoms with Gasteiger partial charge in [-0.25, -0.2) is 14.3 Å². The monoisotopic (exact) mass is 446 g/mol. The van der Waals surface area contributed by atoms with Gasteiger partial charge in [-0.05, 0) is 55.8 Å². The third-order valence-corrected chi connectivity index (χ3v) is 5.57. The van der Waals surface area contributed by atoms with Crippen LogP contribution >= 0.6 is 0 Å². The van der Waals surface area contributed by atoms with E-state index in [-0.39, 0.29) is 24.2 Å². The summed E-state index contributed by atoms with van der Waals surface area (Å²) >= 11 is 0. The number of aryl methyl sites for hydroxylation is 1. The first-order chi connectivity index (χ1) is 15.9. The fourth-order valence-corrected chi connectivity index (χ4v) is 3.80. The number of hydrogen-bond acceptors (Lipinski definition) is 5. The molecule has 0 aliphatic heterocycles. The minimum atomic E-state index is -0.318. The van der Waals surface area contributed by atoms with Gasteiger partial charge >= 0.3 is 5.69 Å². The molecule has 0 saturated heterocycles. The van der Waals surface area contributed by atoms with Crippen LogP contribution in [0.1, 0.15) is 24.1 Å². The Balaban J connectivity index is 1.62. The lowest BCUT2D eigenvalue weighted by Gasteiger charge is -2.16. The van der Waals surface area contributed by atoms with Gasteiger partial charge < -0.3 is 14.8 Å². The average Bonchev–Trinajstić information content (AvgIpc) is 3.10. The molecule has 0 fully saturated rings. The van der Waals surface area contributed by atoms with Gasteiger partial charge in [0, 0.05) is 6.20 Å². The highest BCUT2D eigenvalue weighted by molar-refractivity contribution is 5.80. The van der Waals surface area contributed by atoms with Gasteiger partial charge in [-0.1, -0.05) is 23.8 Å². The predicted octanol–water partition coefficient (Wildman–Crippen LogP) is 3.39. The molecular formula is C25H26N4O4. The lowest BCUT2D eigenvalue weighted by Crippen LogP contribution is -2.34. The highest BCUT2D eigenvalue weighted by atomic mass is 16.5. The van der Waals surface area contributed by atoms with E-state index in [1.807, 2.05) is 50.2 Å². The lowest BCUT2D eigenvalue weighted by atomic mass is 10.1. The Morgan fingerprint density at radius 2 is 1.79 bits per heavy atom. The summed E-state index contributed by atoms with van der Waals surface area (Å²) < 4.78 is 13.6. The minimum Gasteiger partial charge on any atom is -0.493 e. The Morgan fingerprint density at radius 1 is 1.06 bits per heavy atom. The molecule has 8 nitrogen and oxygen atoms in total. The second-order valence-corrected chi connectivity index (χ2v) is 7.79. The van der Waals surface area contributed by atoms with Crippen molar-refractivity contribution in [3.63, 3.8) is 0 Å². The van der Waals surface area contributed by atoms with E-state index in [9.17, 15) is 9.59 Å². The van der Waals surface area contributed by atoms with Crippen molar-refractivity contribution in [3.05, 3.63) is 82.4 Å². The third-order valence-electron chi connectivity index (χ3n) is 5.57. The lowest BCUT2D eigenvalue weighted by molar-refractivity contribution is -0.122. The number of methoxy groups -OCH3 is 2. The predicted molar refractivity (Wildman–Crippen MR) is 126 cm³/mol. The number of fused-ring (bicyclic) bond motifs is 1. The van der Waals surface area contributed by atoms with E-state index in [1.54, 1.807) is 38.6 Å². The van der Waals surface area contributed by atoms with E-state index in [2.05, 4.69) is 10.3 Å². The first-order valence-corrected chi connectivity index (χ1v) is 10.6. The van der Waals surface area contributed by atoms with Crippen molar-refractivity contribution in [3.8, 4) is 17.2 Å². The normalized spacial score (nSPS) is 11.9. The first-order valence-electron chi connectivity index (χ1n) is 10.6. The number of nitrogens with zero attached hydrogens (tertiary/aromatic N) is 3. The number of carbonyl (C=O) groups excluding carboxylic acids is 1. The topological polar surface area (TPSA) is 87.4 Å². The van der Waals surface area contributed by atoms with E-state index in [1.165, 1.54) is 9.13 Å². The number of rotatable bonds is 7. The largest absolute Gasteiger partial charge is 0.493 e. The van der Waals surface area contributed by atoms with Crippen LogP contribution in [0.4, 0.5) is 0 Å². The Morgan fingerprint density at radius 3 is 2.48 bits per heavy atom. The average molecular weight is 447 g/mol. The zero-order valence-corrected chi connectivity index (χ0v) is 19.0. The highest BCUT2D eigenvalue weighted by Crippen LogP contribution is 2.29. The molecule has 1 amide bonds. The molecule has 8 heteroatoms. The number of ether oxygens (including phenoxy) is 2. The van der Waals surface area contributed by atoms with Crippen molar-refractivity contribution < 1.29 is 14.3 Å². The second-order valence-electron chi connectivity index (χ2n) is 7.79. The summed E-state index contributed by atoms with van der Waals surface area (Å²) in [5, 5.41) is 2.96. The Hall–Kier alpha value is -4.07. The molecule has 0 aliphatic carbocycles. The molecule has 4 rings (SSSR count). The van der Waals surface area contributed by atoms with Crippen LogP contribution < -0.4 is 20.5 Å². The van der Waals surface area contributed by atoms with Gasteiger partial charge in [-0.2, -0.15) is 0 Å². The van der Waals surface area contributed by atoms with Crippen molar-refractivity contribution in [1.29, 1.82) is 0 Å². The van der Waals surface area contributed by atoms with Crippen LogP contribution in [0.3, 0.4) is 0 Å². The van der Waals surface area contributed by atoms with Crippen molar-refractivity contribution in [1.82, 2.24) is 19.4 Å². The molecule has 2 aromatic heterocycles. The molecule has 170 valence electrons. The molecular weight excluding hydrogens is 420 g/mol. The smallest absolute Gasteiger partial charge is 0.335 e. The molecule has 1 unspecified atom stereocenters. The molecule has 2 aromatic carbocycles. The summed E-state index contributed by atoms with van der Waals surface area (Å²) in [6.45, 7) is 3.73. The van der Waals surface area contributed by atoms with Gasteiger partial charge in [-0.15, -0.1) is 0 Å². The SMILES string of the molecule is COc1ccc(C(C)NC(=O)Cn2c(=O)n(-c3ccc(C)cc3)c3ncccc32)cc1OC. The third kappa shape index (κ3) is 4.32. The van der Waals surface area contributed by atoms with E-state index in [4.69, 9.17) is 9.47 Å². The van der Waals surface area contributed by atoms with Gasteiger partial charge in [0.05, 0.1) is 31.5 Å². The van der Waals surface area contributed by atoms with E-state index in [0.29, 0.717) is 28.4 Å². The maximum absolute atomic E-state index is 13.3. The molecule has 33 heavy (non-hydrogen) atoms. The number of imidazole rings is 1. The molecule has 4 aromatic rings. The second kappa shape index (κ2) is 9.20. The molecule has 0 spiro atoms. The molecule has 0 saturated carbocycles. The van der Waals surface area contributed by atoms with Crippen LogP contribution in [0.5, 0.6) is 11.5 Å². The van der Waals surface area contributed by atoms with Crippen molar-refractivity contribution >= 4 is 17.1 Å². The van der Waals surface area contributed by atoms with E-state index < -0.39 is 0 Å². The van der Waals surface area contributed by atoms with Crippen LogP contribution in [0.15, 0.2) is 65.6 Å². The maximum Gasteiger partial charge on any atom is 0.335 e. The summed E-state index contributed by atoms with van der Waals surface area (Å²) in [6.07, 6.45) is 1.63. The first kappa shape index (κ1) is 22.1. The Labute approximate surface area is 191 Å². The number of amides is 1. The molecule has 1 N–H and O–H groups in total. The van der Waals surface area contributed by atoms with Gasteiger partial charge in [0.15, 0.2) is 17.1 Å². The molecule has 0 bridgehead atoms. The number of aromatic nitrogens is 3. The zero-order valence-electron chi connectivity index (χ0n) is 19.0. The summed E-state index contributed by atoms with van der Waals surface area (Å²) in [4.78, 5) is 30.6. The Kier molecular flexibility index (Phi) is 6.17.